The summed E-state index contributed by atoms with van der Waals surface area (Å²) in [7, 11) is 3.63. The van der Waals surface area contributed by atoms with E-state index in [0.29, 0.717) is 19.1 Å². The molecule has 3 rings (SSSR count). The van der Waals surface area contributed by atoms with Gasteiger partial charge in [-0.25, -0.2) is 4.68 Å². The van der Waals surface area contributed by atoms with Crippen LogP contribution in [0.5, 0.6) is 5.88 Å². The van der Waals surface area contributed by atoms with Crippen LogP contribution >= 0.6 is 0 Å². The number of rotatable bonds is 4. The second kappa shape index (κ2) is 6.18. The van der Waals surface area contributed by atoms with Crippen LogP contribution < -0.4 is 4.74 Å². The van der Waals surface area contributed by atoms with Crippen LogP contribution in [0.3, 0.4) is 0 Å². The summed E-state index contributed by atoms with van der Waals surface area (Å²) in [5.41, 5.74) is 2.23. The molecule has 1 aromatic rings. The van der Waals surface area contributed by atoms with Crippen LogP contribution in [0.25, 0.3) is 0 Å². The first-order chi connectivity index (χ1) is 10.5. The molecule has 6 heteroatoms. The molecule has 22 heavy (non-hydrogen) atoms. The predicted molar refractivity (Wildman–Crippen MR) is 82.8 cm³/mol. The molecule has 3 heterocycles. The highest BCUT2D eigenvalue weighted by Gasteiger charge is 2.41. The fraction of sp³-hybridized carbons (Fsp3) is 0.812. The van der Waals surface area contributed by atoms with E-state index in [4.69, 9.17) is 14.2 Å². The van der Waals surface area contributed by atoms with E-state index in [1.165, 1.54) is 12.0 Å². The molecule has 124 valence electrons. The Bertz CT molecular complexity index is 523. The lowest BCUT2D eigenvalue weighted by Gasteiger charge is -2.39. The summed E-state index contributed by atoms with van der Waals surface area (Å²) in [6.07, 6.45) is 2.34. The molecule has 2 saturated heterocycles. The number of nitrogens with zero attached hydrogens (tertiary/aromatic N) is 3. The van der Waals surface area contributed by atoms with Gasteiger partial charge in [-0.1, -0.05) is 0 Å². The minimum Gasteiger partial charge on any atom is -0.481 e. The van der Waals surface area contributed by atoms with Crippen molar-refractivity contribution < 1.29 is 14.2 Å². The van der Waals surface area contributed by atoms with Gasteiger partial charge in [0.1, 0.15) is 0 Å². The average molecular weight is 309 g/mol. The molecule has 0 bridgehead atoms. The third kappa shape index (κ3) is 2.87. The molecule has 0 aromatic carbocycles. The van der Waals surface area contributed by atoms with Gasteiger partial charge in [0.15, 0.2) is 5.79 Å². The number of likely N-dealkylation sites (tertiary alicyclic amines) is 1. The van der Waals surface area contributed by atoms with E-state index in [1.54, 1.807) is 7.11 Å². The zero-order chi connectivity index (χ0) is 15.7. The number of ether oxygens (including phenoxy) is 3. The van der Waals surface area contributed by atoms with Gasteiger partial charge in [-0.2, -0.15) is 5.10 Å². The Morgan fingerprint density at radius 2 is 2.09 bits per heavy atom. The zero-order valence-electron chi connectivity index (χ0n) is 14.1. The van der Waals surface area contributed by atoms with Crippen molar-refractivity contribution in [3.8, 4) is 5.88 Å². The lowest BCUT2D eigenvalue weighted by atomic mass is 9.90. The van der Waals surface area contributed by atoms with Crippen molar-refractivity contribution >= 4 is 0 Å². The molecule has 6 nitrogen and oxygen atoms in total. The number of aromatic nitrogens is 2. The molecular formula is C16H27N3O3. The number of piperidine rings is 1. The molecule has 0 amide bonds. The molecule has 1 atom stereocenters. The summed E-state index contributed by atoms with van der Waals surface area (Å²) in [5.74, 6) is 0.873. The van der Waals surface area contributed by atoms with Gasteiger partial charge >= 0.3 is 0 Å². The summed E-state index contributed by atoms with van der Waals surface area (Å²) >= 11 is 0. The minimum absolute atomic E-state index is 0.410. The topological polar surface area (TPSA) is 48.8 Å². The largest absolute Gasteiger partial charge is 0.481 e. The summed E-state index contributed by atoms with van der Waals surface area (Å²) in [6, 6.07) is 0. The van der Waals surface area contributed by atoms with Gasteiger partial charge in [-0.3, -0.25) is 4.90 Å². The Labute approximate surface area is 132 Å². The number of hydrogen-bond donors (Lipinski definition) is 0. The third-order valence-electron chi connectivity index (χ3n) is 4.97. The van der Waals surface area contributed by atoms with Crippen LogP contribution in [0, 0.1) is 12.8 Å². The second-order valence-electron chi connectivity index (χ2n) is 6.48. The van der Waals surface area contributed by atoms with E-state index in [1.807, 2.05) is 18.7 Å². The fourth-order valence-electron chi connectivity index (χ4n) is 3.73. The molecule has 0 radical (unpaired) electrons. The van der Waals surface area contributed by atoms with Crippen molar-refractivity contribution in [3.05, 3.63) is 11.3 Å². The molecule has 2 fully saturated rings. The van der Waals surface area contributed by atoms with E-state index in [2.05, 4.69) is 16.9 Å². The maximum absolute atomic E-state index is 5.86. The van der Waals surface area contributed by atoms with Crippen LogP contribution in [-0.2, 0) is 23.1 Å². The molecule has 2 aliphatic heterocycles. The number of hydrogen-bond acceptors (Lipinski definition) is 5. The fourth-order valence-corrected chi connectivity index (χ4v) is 3.73. The summed E-state index contributed by atoms with van der Waals surface area (Å²) in [4.78, 5) is 2.47. The van der Waals surface area contributed by atoms with Crippen LogP contribution in [0.1, 0.15) is 31.0 Å². The number of methoxy groups -OCH3 is 1. The summed E-state index contributed by atoms with van der Waals surface area (Å²) < 4.78 is 19.0. The first kappa shape index (κ1) is 15.8. The molecule has 2 aliphatic rings. The monoisotopic (exact) mass is 309 g/mol. The van der Waals surface area contributed by atoms with Crippen LogP contribution in [-0.4, -0.2) is 53.9 Å². The van der Waals surface area contributed by atoms with E-state index in [0.717, 1.165) is 37.6 Å². The summed E-state index contributed by atoms with van der Waals surface area (Å²) in [5, 5.41) is 4.47. The van der Waals surface area contributed by atoms with Gasteiger partial charge < -0.3 is 14.2 Å². The van der Waals surface area contributed by atoms with E-state index in [-0.39, 0.29) is 0 Å². The Kier molecular flexibility index (Phi) is 4.43. The SMILES string of the molecule is COc1c(CN2CCC[C@@H](C3(C)OCCO3)C2)c(C)nn1C. The first-order valence-corrected chi connectivity index (χ1v) is 8.10. The maximum Gasteiger partial charge on any atom is 0.216 e. The van der Waals surface area contributed by atoms with Gasteiger partial charge in [-0.15, -0.1) is 0 Å². The van der Waals surface area contributed by atoms with Crippen molar-refractivity contribution in [2.24, 2.45) is 13.0 Å². The van der Waals surface area contributed by atoms with Gasteiger partial charge in [-0.05, 0) is 33.2 Å². The molecule has 0 aliphatic carbocycles. The summed E-state index contributed by atoms with van der Waals surface area (Å²) in [6.45, 7) is 8.52. The predicted octanol–water partition coefficient (Wildman–Crippen LogP) is 1.71. The molecule has 0 spiro atoms. The lowest BCUT2D eigenvalue weighted by molar-refractivity contribution is -0.192. The Hall–Kier alpha value is -1.11. The molecule has 1 aromatic heterocycles. The van der Waals surface area contributed by atoms with E-state index in [9.17, 15) is 0 Å². The Morgan fingerprint density at radius 3 is 2.77 bits per heavy atom. The molecular weight excluding hydrogens is 282 g/mol. The van der Waals surface area contributed by atoms with Gasteiger partial charge in [0.2, 0.25) is 5.88 Å². The second-order valence-corrected chi connectivity index (χ2v) is 6.48. The van der Waals surface area contributed by atoms with Gasteiger partial charge in [0.05, 0.1) is 31.6 Å². The van der Waals surface area contributed by atoms with Crippen molar-refractivity contribution in [3.63, 3.8) is 0 Å². The molecule has 0 saturated carbocycles. The van der Waals surface area contributed by atoms with Crippen molar-refractivity contribution in [2.75, 3.05) is 33.4 Å². The van der Waals surface area contributed by atoms with Crippen molar-refractivity contribution in [1.29, 1.82) is 0 Å². The van der Waals surface area contributed by atoms with Crippen molar-refractivity contribution in [1.82, 2.24) is 14.7 Å². The van der Waals surface area contributed by atoms with E-state index >= 15 is 0 Å². The van der Waals surface area contributed by atoms with Crippen LogP contribution in [0.2, 0.25) is 0 Å². The Balaban J connectivity index is 1.70. The lowest BCUT2D eigenvalue weighted by Crippen LogP contribution is -2.46. The Morgan fingerprint density at radius 1 is 1.36 bits per heavy atom. The first-order valence-electron chi connectivity index (χ1n) is 8.10. The normalized spacial score (nSPS) is 25.5. The smallest absolute Gasteiger partial charge is 0.216 e. The molecule has 0 N–H and O–H groups in total. The third-order valence-corrected chi connectivity index (χ3v) is 4.97. The van der Waals surface area contributed by atoms with Gasteiger partial charge in [0, 0.05) is 26.1 Å². The van der Waals surface area contributed by atoms with Crippen LogP contribution in [0.4, 0.5) is 0 Å². The number of aryl methyl sites for hydroxylation is 2. The molecule has 0 unspecified atom stereocenters. The quantitative estimate of drug-likeness (QED) is 0.847. The van der Waals surface area contributed by atoms with Gasteiger partial charge in [0.25, 0.3) is 0 Å². The average Bonchev–Trinajstić information content (AvgIpc) is 3.05. The standard InChI is InChI=1S/C16H27N3O3/c1-12-14(15(20-4)18(3)17-12)11-19-7-5-6-13(10-19)16(2)21-8-9-22-16/h13H,5-11H2,1-4H3/t13-/m1/s1. The van der Waals surface area contributed by atoms with Crippen LogP contribution in [0.15, 0.2) is 0 Å². The highest BCUT2D eigenvalue weighted by Crippen LogP contribution is 2.35. The highest BCUT2D eigenvalue weighted by atomic mass is 16.7. The maximum atomic E-state index is 5.86. The zero-order valence-corrected chi connectivity index (χ0v) is 14.1. The van der Waals surface area contributed by atoms with E-state index < -0.39 is 5.79 Å². The van der Waals surface area contributed by atoms with Crippen molar-refractivity contribution in [2.45, 2.75) is 39.0 Å². The highest BCUT2D eigenvalue weighted by molar-refractivity contribution is 5.30. The minimum atomic E-state index is -0.410.